The topological polar surface area (TPSA) is 59.0 Å². The third-order valence-electron chi connectivity index (χ3n) is 6.30. The molecule has 0 bridgehead atoms. The lowest BCUT2D eigenvalue weighted by Crippen LogP contribution is -2.86. The molecule has 0 unspecified atom stereocenters. The number of benzene rings is 1. The highest BCUT2D eigenvalue weighted by Gasteiger charge is 2.76. The van der Waals surface area contributed by atoms with Gasteiger partial charge in [-0.3, -0.25) is 0 Å². The van der Waals surface area contributed by atoms with Crippen molar-refractivity contribution in [2.24, 2.45) is 16.6 Å². The van der Waals surface area contributed by atoms with Crippen molar-refractivity contribution in [2.45, 2.75) is 52.7 Å². The summed E-state index contributed by atoms with van der Waals surface area (Å²) in [6.45, 7) is 12.7. The number of rotatable bonds is 2. The largest absolute Gasteiger partial charge is 0.485 e. The van der Waals surface area contributed by atoms with Crippen LogP contribution in [-0.4, -0.2) is 11.1 Å². The number of para-hydroxylation sites is 1. The summed E-state index contributed by atoms with van der Waals surface area (Å²) in [5, 5.41) is 9.21. The van der Waals surface area contributed by atoms with Crippen molar-refractivity contribution in [2.75, 3.05) is 0 Å². The van der Waals surface area contributed by atoms with E-state index in [9.17, 15) is 5.26 Å². The van der Waals surface area contributed by atoms with Crippen LogP contribution in [0.4, 0.5) is 0 Å². The van der Waals surface area contributed by atoms with E-state index in [0.717, 1.165) is 0 Å². The number of hydrogen-bond acceptors (Lipinski definition) is 3. The fourth-order valence-electron chi connectivity index (χ4n) is 3.61. The zero-order chi connectivity index (χ0) is 15.4. The van der Waals surface area contributed by atoms with Crippen LogP contribution in [0.3, 0.4) is 0 Å². The molecule has 20 heavy (non-hydrogen) atoms. The molecule has 3 nitrogen and oxygen atoms in total. The summed E-state index contributed by atoms with van der Waals surface area (Å²) in [6, 6.07) is 9.55. The molecule has 0 atom stereocenters. The molecule has 1 aromatic carbocycles. The van der Waals surface area contributed by atoms with E-state index in [1.54, 1.807) is 6.07 Å². The number of ether oxygens (including phenoxy) is 1. The molecule has 1 aliphatic carbocycles. The molecule has 0 amide bonds. The van der Waals surface area contributed by atoms with Crippen molar-refractivity contribution in [1.29, 1.82) is 5.26 Å². The Morgan fingerprint density at radius 3 is 2.00 bits per heavy atom. The maximum Gasteiger partial charge on any atom is 0.137 e. The highest BCUT2D eigenvalue weighted by Crippen LogP contribution is 2.68. The Labute approximate surface area is 121 Å². The fourth-order valence-corrected chi connectivity index (χ4v) is 3.61. The van der Waals surface area contributed by atoms with Gasteiger partial charge in [0.05, 0.1) is 5.56 Å². The van der Waals surface area contributed by atoms with Gasteiger partial charge in [-0.15, -0.1) is 0 Å². The second-order valence-corrected chi connectivity index (χ2v) is 7.20. The Kier molecular flexibility index (Phi) is 2.97. The molecule has 0 aromatic heterocycles. The van der Waals surface area contributed by atoms with Crippen LogP contribution in [0.25, 0.3) is 0 Å². The van der Waals surface area contributed by atoms with Crippen LogP contribution >= 0.6 is 0 Å². The molecule has 3 heteroatoms. The van der Waals surface area contributed by atoms with Gasteiger partial charge in [-0.05, 0) is 26.0 Å². The Morgan fingerprint density at radius 2 is 1.50 bits per heavy atom. The van der Waals surface area contributed by atoms with E-state index < -0.39 is 5.60 Å². The summed E-state index contributed by atoms with van der Waals surface area (Å²) in [5.41, 5.74) is 5.92. The average molecular weight is 272 g/mol. The molecular weight excluding hydrogens is 248 g/mol. The van der Waals surface area contributed by atoms with Crippen molar-refractivity contribution in [3.63, 3.8) is 0 Å². The standard InChI is InChI=1S/C17H24N2O/c1-14(2)16(5,19)15(3,4)17(14,6)20-13-10-8-7-9-12(13)11-18/h7-10H,19H2,1-6H3. The SMILES string of the molecule is CC1(C)C(C)(N)C(C)(C)C1(C)Oc1ccccc1C#N. The van der Waals surface area contributed by atoms with Gasteiger partial charge in [-0.1, -0.05) is 39.8 Å². The number of hydrogen-bond donors (Lipinski definition) is 1. The number of nitrogens with zero attached hydrogens (tertiary/aromatic N) is 1. The lowest BCUT2D eigenvalue weighted by molar-refractivity contribution is -0.276. The van der Waals surface area contributed by atoms with Gasteiger partial charge in [0, 0.05) is 16.4 Å². The van der Waals surface area contributed by atoms with Crippen LogP contribution in [-0.2, 0) is 0 Å². The highest BCUT2D eigenvalue weighted by molar-refractivity contribution is 5.44. The van der Waals surface area contributed by atoms with Gasteiger partial charge >= 0.3 is 0 Å². The highest BCUT2D eigenvalue weighted by atomic mass is 16.5. The van der Waals surface area contributed by atoms with E-state index in [0.29, 0.717) is 11.3 Å². The Bertz CT molecular complexity index is 561. The smallest absolute Gasteiger partial charge is 0.137 e. The predicted octanol–water partition coefficient (Wildman–Crippen LogP) is 3.48. The van der Waals surface area contributed by atoms with Gasteiger partial charge in [-0.2, -0.15) is 5.26 Å². The average Bonchev–Trinajstić information content (AvgIpc) is 2.37. The maximum atomic E-state index is 9.21. The molecule has 0 spiro atoms. The molecule has 1 aliphatic rings. The normalized spacial score (nSPS) is 33.9. The molecule has 2 N–H and O–H groups in total. The van der Waals surface area contributed by atoms with Gasteiger partial charge in [0.1, 0.15) is 17.4 Å². The predicted molar refractivity (Wildman–Crippen MR) is 80.3 cm³/mol. The molecule has 0 aliphatic heterocycles. The van der Waals surface area contributed by atoms with Gasteiger partial charge in [0.25, 0.3) is 0 Å². The molecule has 1 saturated carbocycles. The molecular formula is C17H24N2O. The number of nitriles is 1. The zero-order valence-electron chi connectivity index (χ0n) is 13.2. The van der Waals surface area contributed by atoms with Crippen molar-refractivity contribution in [3.05, 3.63) is 29.8 Å². The van der Waals surface area contributed by atoms with Gasteiger partial charge in [-0.25, -0.2) is 0 Å². The van der Waals surface area contributed by atoms with Crippen LogP contribution < -0.4 is 10.5 Å². The first-order valence-electron chi connectivity index (χ1n) is 7.00. The second kappa shape index (κ2) is 3.99. The minimum Gasteiger partial charge on any atom is -0.485 e. The molecule has 2 rings (SSSR count). The first-order chi connectivity index (χ1) is 9.03. The minimum atomic E-state index is -0.434. The summed E-state index contributed by atoms with van der Waals surface area (Å²) < 4.78 is 6.32. The molecule has 1 aromatic rings. The maximum absolute atomic E-state index is 9.21. The third-order valence-corrected chi connectivity index (χ3v) is 6.30. The molecule has 108 valence electrons. The summed E-state index contributed by atoms with van der Waals surface area (Å²) in [5.74, 6) is 0.633. The second-order valence-electron chi connectivity index (χ2n) is 7.20. The lowest BCUT2D eigenvalue weighted by Gasteiger charge is -2.75. The Balaban J connectivity index is 2.46. The van der Waals surface area contributed by atoms with Crippen molar-refractivity contribution in [3.8, 4) is 11.8 Å². The lowest BCUT2D eigenvalue weighted by atomic mass is 9.35. The zero-order valence-corrected chi connectivity index (χ0v) is 13.2. The van der Waals surface area contributed by atoms with E-state index in [1.165, 1.54) is 0 Å². The van der Waals surface area contributed by atoms with Crippen molar-refractivity contribution < 1.29 is 4.74 Å². The molecule has 0 saturated heterocycles. The van der Waals surface area contributed by atoms with Crippen LogP contribution in [0.15, 0.2) is 24.3 Å². The van der Waals surface area contributed by atoms with Crippen LogP contribution in [0.5, 0.6) is 5.75 Å². The van der Waals surface area contributed by atoms with Crippen molar-refractivity contribution in [1.82, 2.24) is 0 Å². The van der Waals surface area contributed by atoms with Crippen LogP contribution in [0.2, 0.25) is 0 Å². The summed E-state index contributed by atoms with van der Waals surface area (Å²) >= 11 is 0. The summed E-state index contributed by atoms with van der Waals surface area (Å²) in [6.07, 6.45) is 0. The first kappa shape index (κ1) is 14.9. The Hall–Kier alpha value is -1.53. The molecule has 1 fully saturated rings. The van der Waals surface area contributed by atoms with Crippen LogP contribution in [0.1, 0.15) is 47.1 Å². The Morgan fingerprint density at radius 1 is 1.00 bits per heavy atom. The van der Waals surface area contributed by atoms with Gasteiger partial charge < -0.3 is 10.5 Å². The van der Waals surface area contributed by atoms with Gasteiger partial charge in [0.15, 0.2) is 0 Å². The van der Waals surface area contributed by atoms with E-state index in [2.05, 4.69) is 47.6 Å². The van der Waals surface area contributed by atoms with E-state index >= 15 is 0 Å². The molecule has 0 heterocycles. The van der Waals surface area contributed by atoms with Crippen molar-refractivity contribution >= 4 is 0 Å². The minimum absolute atomic E-state index is 0.202. The van der Waals surface area contributed by atoms with E-state index in [1.807, 2.05) is 18.2 Å². The first-order valence-corrected chi connectivity index (χ1v) is 7.00. The summed E-state index contributed by atoms with van der Waals surface area (Å²) in [7, 11) is 0. The quantitative estimate of drug-likeness (QED) is 0.896. The van der Waals surface area contributed by atoms with Crippen LogP contribution in [0, 0.1) is 22.2 Å². The van der Waals surface area contributed by atoms with E-state index in [4.69, 9.17) is 10.5 Å². The third kappa shape index (κ3) is 1.43. The summed E-state index contributed by atoms with van der Waals surface area (Å²) in [4.78, 5) is 0. The monoisotopic (exact) mass is 272 g/mol. The number of nitrogens with two attached hydrogens (primary N) is 1. The van der Waals surface area contributed by atoms with Gasteiger partial charge in [0.2, 0.25) is 0 Å². The molecule has 0 radical (unpaired) electrons. The van der Waals surface area contributed by atoms with E-state index in [-0.39, 0.29) is 16.4 Å². The fraction of sp³-hybridized carbons (Fsp3) is 0.588.